The minimum absolute atomic E-state index is 0.00333. The second kappa shape index (κ2) is 38.0. The van der Waals surface area contributed by atoms with Crippen LogP contribution in [0, 0.1) is 0 Å². The third kappa shape index (κ3) is 37.8. The molecule has 0 heterocycles. The SMILES string of the molecule is CCC/C=C\C/C=C\CCCCCCCC(=O)OC(COC(=O)CCCCCCCCC/C=C\CCCCCCCCC)COP(=O)(O)OCC. The van der Waals surface area contributed by atoms with Crippen LogP contribution < -0.4 is 0 Å². The van der Waals surface area contributed by atoms with Crippen LogP contribution in [0.15, 0.2) is 36.5 Å². The van der Waals surface area contributed by atoms with Crippen molar-refractivity contribution in [1.82, 2.24) is 0 Å². The summed E-state index contributed by atoms with van der Waals surface area (Å²) in [6.45, 7) is 5.39. The van der Waals surface area contributed by atoms with Crippen molar-refractivity contribution in [3.8, 4) is 0 Å². The summed E-state index contributed by atoms with van der Waals surface area (Å²) in [5, 5.41) is 0. The van der Waals surface area contributed by atoms with Gasteiger partial charge in [0.1, 0.15) is 6.61 Å². The Bertz CT molecular complexity index is 932. The minimum atomic E-state index is -4.28. The molecule has 9 heteroatoms. The van der Waals surface area contributed by atoms with Crippen molar-refractivity contribution < 1.29 is 37.6 Å². The second-order valence-corrected chi connectivity index (χ2v) is 15.1. The van der Waals surface area contributed by atoms with Crippen LogP contribution in [0.5, 0.6) is 0 Å². The van der Waals surface area contributed by atoms with E-state index in [1.807, 2.05) is 0 Å². The number of carbonyl (C=O) groups is 2. The summed E-state index contributed by atoms with van der Waals surface area (Å²) in [7, 11) is -4.28. The molecule has 0 spiro atoms. The van der Waals surface area contributed by atoms with Gasteiger partial charge in [0.2, 0.25) is 0 Å². The number of hydrogen-bond acceptors (Lipinski definition) is 7. The van der Waals surface area contributed by atoms with Crippen LogP contribution in [0.25, 0.3) is 0 Å². The van der Waals surface area contributed by atoms with Gasteiger partial charge in [0.25, 0.3) is 0 Å². The zero-order chi connectivity index (χ0) is 37.5. The summed E-state index contributed by atoms with van der Waals surface area (Å²) in [5.74, 6) is -0.818. The van der Waals surface area contributed by atoms with Crippen LogP contribution in [0.3, 0.4) is 0 Å². The first-order valence-corrected chi connectivity index (χ1v) is 22.3. The molecule has 0 aromatic heterocycles. The summed E-state index contributed by atoms with van der Waals surface area (Å²) in [4.78, 5) is 34.7. The fourth-order valence-electron chi connectivity index (χ4n) is 5.60. The summed E-state index contributed by atoms with van der Waals surface area (Å²) >= 11 is 0. The van der Waals surface area contributed by atoms with Crippen molar-refractivity contribution in [1.29, 1.82) is 0 Å². The van der Waals surface area contributed by atoms with Crippen LogP contribution in [0.1, 0.15) is 194 Å². The number of ether oxygens (including phenoxy) is 2. The van der Waals surface area contributed by atoms with Crippen molar-refractivity contribution in [2.75, 3.05) is 19.8 Å². The van der Waals surface area contributed by atoms with E-state index in [0.29, 0.717) is 6.42 Å². The van der Waals surface area contributed by atoms with Gasteiger partial charge in [0.05, 0.1) is 13.2 Å². The van der Waals surface area contributed by atoms with E-state index < -0.39 is 26.5 Å². The zero-order valence-corrected chi connectivity index (χ0v) is 33.9. The lowest BCUT2D eigenvalue weighted by atomic mass is 10.1. The van der Waals surface area contributed by atoms with Gasteiger partial charge in [-0.2, -0.15) is 0 Å². The Morgan fingerprint density at radius 3 is 1.49 bits per heavy atom. The lowest BCUT2D eigenvalue weighted by Gasteiger charge is -2.19. The maximum Gasteiger partial charge on any atom is 0.472 e. The van der Waals surface area contributed by atoms with Gasteiger partial charge in [-0.3, -0.25) is 18.6 Å². The van der Waals surface area contributed by atoms with E-state index in [-0.39, 0.29) is 32.0 Å². The molecule has 2 unspecified atom stereocenters. The molecule has 2 atom stereocenters. The standard InChI is InChI=1S/C42H77O8P/c1-4-7-9-11-13-15-17-19-20-21-22-23-25-26-28-30-32-34-36-41(43)47-38-40(39-49-51(45,46)48-6-3)50-42(44)37-35-33-31-29-27-24-18-16-14-12-10-8-5-2/h10,12,16,18,20-21,40H,4-9,11,13-15,17,19,22-39H2,1-3H3,(H,45,46)/b12-10-,18-16-,21-20-. The predicted octanol–water partition coefficient (Wildman–Crippen LogP) is 12.8. The van der Waals surface area contributed by atoms with E-state index in [1.54, 1.807) is 6.92 Å². The topological polar surface area (TPSA) is 108 Å². The van der Waals surface area contributed by atoms with Crippen molar-refractivity contribution in [2.24, 2.45) is 0 Å². The Labute approximate surface area is 313 Å². The highest BCUT2D eigenvalue weighted by Gasteiger charge is 2.25. The predicted molar refractivity (Wildman–Crippen MR) is 212 cm³/mol. The highest BCUT2D eigenvalue weighted by Crippen LogP contribution is 2.43. The Kier molecular flexibility index (Phi) is 36.7. The van der Waals surface area contributed by atoms with Crippen LogP contribution in [0.2, 0.25) is 0 Å². The maximum absolute atomic E-state index is 12.5. The summed E-state index contributed by atoms with van der Waals surface area (Å²) < 4.78 is 32.6. The van der Waals surface area contributed by atoms with Gasteiger partial charge in [0, 0.05) is 12.8 Å². The van der Waals surface area contributed by atoms with Gasteiger partial charge < -0.3 is 14.4 Å². The molecule has 8 nitrogen and oxygen atoms in total. The van der Waals surface area contributed by atoms with Gasteiger partial charge in [-0.05, 0) is 71.1 Å². The average molecular weight is 741 g/mol. The number of hydrogen-bond donors (Lipinski definition) is 1. The second-order valence-electron chi connectivity index (χ2n) is 13.6. The normalized spacial score (nSPS) is 13.7. The molecule has 0 aliphatic rings. The van der Waals surface area contributed by atoms with Gasteiger partial charge in [0.15, 0.2) is 6.10 Å². The Hall–Kier alpha value is -1.73. The molecule has 51 heavy (non-hydrogen) atoms. The number of esters is 2. The highest BCUT2D eigenvalue weighted by atomic mass is 31.2. The van der Waals surface area contributed by atoms with Gasteiger partial charge in [-0.1, -0.05) is 147 Å². The fourth-order valence-corrected chi connectivity index (χ4v) is 6.36. The molecule has 0 rings (SSSR count). The lowest BCUT2D eigenvalue weighted by molar-refractivity contribution is -0.161. The van der Waals surface area contributed by atoms with Crippen molar-refractivity contribution >= 4 is 19.8 Å². The lowest BCUT2D eigenvalue weighted by Crippen LogP contribution is -2.29. The molecule has 0 aromatic carbocycles. The molecule has 1 N–H and O–H groups in total. The molecule has 0 aliphatic carbocycles. The average Bonchev–Trinajstić information content (AvgIpc) is 3.10. The van der Waals surface area contributed by atoms with Crippen molar-refractivity contribution in [2.45, 2.75) is 200 Å². The highest BCUT2D eigenvalue weighted by molar-refractivity contribution is 7.47. The molecule has 0 fully saturated rings. The maximum atomic E-state index is 12.5. The molecule has 0 bridgehead atoms. The first-order valence-electron chi connectivity index (χ1n) is 20.8. The first kappa shape index (κ1) is 49.3. The van der Waals surface area contributed by atoms with Crippen LogP contribution in [0.4, 0.5) is 0 Å². The van der Waals surface area contributed by atoms with Gasteiger partial charge in [-0.25, -0.2) is 4.57 Å². The molecular weight excluding hydrogens is 663 g/mol. The zero-order valence-electron chi connectivity index (χ0n) is 33.0. The minimum Gasteiger partial charge on any atom is -0.462 e. The third-order valence-corrected chi connectivity index (χ3v) is 9.71. The molecule has 298 valence electrons. The van der Waals surface area contributed by atoms with E-state index in [9.17, 15) is 19.0 Å². The van der Waals surface area contributed by atoms with E-state index in [0.717, 1.165) is 64.2 Å². The third-order valence-electron chi connectivity index (χ3n) is 8.65. The number of rotatable bonds is 38. The molecular formula is C42H77O8P. The largest absolute Gasteiger partial charge is 0.472 e. The molecule has 0 aromatic rings. The smallest absolute Gasteiger partial charge is 0.462 e. The first-order chi connectivity index (χ1) is 24.8. The van der Waals surface area contributed by atoms with E-state index in [1.165, 1.54) is 89.9 Å². The Morgan fingerprint density at radius 2 is 0.980 bits per heavy atom. The summed E-state index contributed by atoms with van der Waals surface area (Å²) in [6, 6.07) is 0. The molecule has 0 aliphatic heterocycles. The summed E-state index contributed by atoms with van der Waals surface area (Å²) in [6.07, 6.45) is 42.0. The number of unbranched alkanes of at least 4 members (excludes halogenated alkanes) is 20. The van der Waals surface area contributed by atoms with Gasteiger partial charge >= 0.3 is 19.8 Å². The number of allylic oxidation sites excluding steroid dienone is 6. The Morgan fingerprint density at radius 1 is 0.529 bits per heavy atom. The van der Waals surface area contributed by atoms with Crippen LogP contribution in [-0.2, 0) is 32.7 Å². The quantitative estimate of drug-likeness (QED) is 0.0288. The monoisotopic (exact) mass is 741 g/mol. The van der Waals surface area contributed by atoms with Crippen LogP contribution >= 0.6 is 7.82 Å². The van der Waals surface area contributed by atoms with E-state index in [4.69, 9.17) is 18.5 Å². The molecule has 0 saturated carbocycles. The fraction of sp³-hybridized carbons (Fsp3) is 0.810. The van der Waals surface area contributed by atoms with Crippen LogP contribution in [-0.4, -0.2) is 42.8 Å². The van der Waals surface area contributed by atoms with E-state index >= 15 is 0 Å². The summed E-state index contributed by atoms with van der Waals surface area (Å²) in [5.41, 5.74) is 0. The molecule has 0 radical (unpaired) electrons. The van der Waals surface area contributed by atoms with Crippen molar-refractivity contribution in [3.05, 3.63) is 36.5 Å². The number of phosphoric acid groups is 1. The molecule has 0 amide bonds. The van der Waals surface area contributed by atoms with Crippen molar-refractivity contribution in [3.63, 3.8) is 0 Å². The Balaban J connectivity index is 4.10. The van der Waals surface area contributed by atoms with Gasteiger partial charge in [-0.15, -0.1) is 0 Å². The number of phosphoric ester groups is 1. The number of carbonyl (C=O) groups excluding carboxylic acids is 2. The molecule has 0 saturated heterocycles. The van der Waals surface area contributed by atoms with E-state index in [2.05, 4.69) is 50.3 Å².